The molecule has 0 aromatic carbocycles. The van der Waals surface area contributed by atoms with Crippen LogP contribution in [-0.4, -0.2) is 80.6 Å². The smallest absolute Gasteiger partial charge is 0.151 e. The van der Waals surface area contributed by atoms with Crippen molar-refractivity contribution >= 4 is 28.6 Å². The predicted molar refractivity (Wildman–Crippen MR) is 98.3 cm³/mol. The average molecular weight is 367 g/mol. The predicted octanol–water partition coefficient (Wildman–Crippen LogP) is 0.0749. The quantitative estimate of drug-likeness (QED) is 0.460. The third kappa shape index (κ3) is 4.62. The van der Waals surface area contributed by atoms with Gasteiger partial charge in [-0.2, -0.15) is 11.8 Å². The first-order valence-corrected chi connectivity index (χ1v) is 9.57. The minimum Gasteiger partial charge on any atom is -0.394 e. The summed E-state index contributed by atoms with van der Waals surface area (Å²) in [7, 11) is 0. The van der Waals surface area contributed by atoms with Crippen molar-refractivity contribution < 1.29 is 14.9 Å². The molecule has 0 bridgehead atoms. The summed E-state index contributed by atoms with van der Waals surface area (Å²) < 4.78 is 5.25. The Morgan fingerprint density at radius 1 is 1.36 bits per heavy atom. The summed E-state index contributed by atoms with van der Waals surface area (Å²) in [5.41, 5.74) is 8.55. The van der Waals surface area contributed by atoms with Crippen LogP contribution in [-0.2, 0) is 11.3 Å². The highest BCUT2D eigenvalue weighted by Crippen LogP contribution is 2.26. The fourth-order valence-corrected chi connectivity index (χ4v) is 4.16. The van der Waals surface area contributed by atoms with Gasteiger partial charge in [-0.05, 0) is 5.75 Å². The summed E-state index contributed by atoms with van der Waals surface area (Å²) >= 11 is 1.78. The minimum atomic E-state index is -0.309. The van der Waals surface area contributed by atoms with E-state index in [1.807, 2.05) is 6.20 Å². The van der Waals surface area contributed by atoms with E-state index in [4.69, 9.17) is 15.6 Å². The number of aliphatic hydroxyl groups is 2. The molecule has 1 saturated heterocycles. The van der Waals surface area contributed by atoms with E-state index in [2.05, 4.69) is 19.9 Å². The Bertz CT molecular complexity index is 683. The lowest BCUT2D eigenvalue weighted by Gasteiger charge is -2.15. The van der Waals surface area contributed by atoms with E-state index in [0.29, 0.717) is 25.6 Å². The van der Waals surface area contributed by atoms with Gasteiger partial charge in [0, 0.05) is 43.1 Å². The molecule has 0 spiro atoms. The van der Waals surface area contributed by atoms with Crippen LogP contribution < -0.4 is 5.73 Å². The molecule has 2 aromatic heterocycles. The Morgan fingerprint density at radius 2 is 2.24 bits per heavy atom. The average Bonchev–Trinajstić information content (AvgIpc) is 3.16. The van der Waals surface area contributed by atoms with E-state index in [-0.39, 0.29) is 18.6 Å². The number of ether oxygens (including phenoxy) is 1. The highest BCUT2D eigenvalue weighted by molar-refractivity contribution is 7.99. The van der Waals surface area contributed by atoms with E-state index in [1.54, 1.807) is 11.8 Å². The zero-order valence-corrected chi connectivity index (χ0v) is 14.9. The first-order chi connectivity index (χ1) is 12.2. The number of nitrogens with two attached hydrogens (primary N) is 1. The highest BCUT2D eigenvalue weighted by Gasteiger charge is 2.31. The number of nitrogens with one attached hydrogen (secondary N) is 1. The second-order valence-corrected chi connectivity index (χ2v) is 7.38. The maximum absolute atomic E-state index is 10.3. The van der Waals surface area contributed by atoms with Gasteiger partial charge >= 0.3 is 0 Å². The first kappa shape index (κ1) is 18.4. The monoisotopic (exact) mass is 367 g/mol. The summed E-state index contributed by atoms with van der Waals surface area (Å²) in [6.07, 6.45) is 3.09. The Kier molecular flexibility index (Phi) is 6.49. The van der Waals surface area contributed by atoms with E-state index in [0.717, 1.165) is 41.2 Å². The SMILES string of the molecule is Nc1ncnc2c(CN3CC(O)[C@@H](CSCCOCCO)C3)c[nH]c12. The maximum Gasteiger partial charge on any atom is 0.151 e. The number of anilines is 1. The molecule has 25 heavy (non-hydrogen) atoms. The Labute approximate surface area is 150 Å². The number of aliphatic hydroxyl groups excluding tert-OH is 2. The Hall–Kier alpha value is -1.39. The van der Waals surface area contributed by atoms with Crippen molar-refractivity contribution in [1.29, 1.82) is 0 Å². The second kappa shape index (κ2) is 8.81. The summed E-state index contributed by atoms with van der Waals surface area (Å²) in [5, 5.41) is 19.0. The number of H-pyrrole nitrogens is 1. The molecule has 1 fully saturated rings. The summed E-state index contributed by atoms with van der Waals surface area (Å²) in [6, 6.07) is 0. The summed E-state index contributed by atoms with van der Waals surface area (Å²) in [6.45, 7) is 3.34. The van der Waals surface area contributed by atoms with Gasteiger partial charge in [-0.3, -0.25) is 4.90 Å². The van der Waals surface area contributed by atoms with Crippen LogP contribution in [0.3, 0.4) is 0 Å². The number of likely N-dealkylation sites (tertiary alicyclic amines) is 1. The van der Waals surface area contributed by atoms with Crippen LogP contribution in [0.5, 0.6) is 0 Å². The van der Waals surface area contributed by atoms with Gasteiger partial charge in [0.05, 0.1) is 31.4 Å². The highest BCUT2D eigenvalue weighted by atomic mass is 32.2. The molecule has 1 unspecified atom stereocenters. The van der Waals surface area contributed by atoms with Crippen molar-refractivity contribution in [3.8, 4) is 0 Å². The van der Waals surface area contributed by atoms with Crippen LogP contribution in [0.15, 0.2) is 12.5 Å². The molecule has 2 atom stereocenters. The lowest BCUT2D eigenvalue weighted by atomic mass is 10.1. The van der Waals surface area contributed by atoms with E-state index < -0.39 is 0 Å². The van der Waals surface area contributed by atoms with Crippen LogP contribution in [0.25, 0.3) is 11.0 Å². The third-order valence-electron chi connectivity index (χ3n) is 4.39. The fraction of sp³-hybridized carbons (Fsp3) is 0.625. The van der Waals surface area contributed by atoms with E-state index in [1.165, 1.54) is 6.33 Å². The zero-order valence-electron chi connectivity index (χ0n) is 14.1. The number of aromatic amines is 1. The number of β-amino-alcohol motifs (C(OH)–C–C–N with tert-alkyl or cyclic N) is 1. The van der Waals surface area contributed by atoms with Gasteiger partial charge in [0.15, 0.2) is 5.82 Å². The second-order valence-electron chi connectivity index (χ2n) is 6.23. The standard InChI is InChI=1S/C16H25N5O3S/c17-16-15-14(19-10-20-16)11(5-18-15)6-21-7-12(13(23)8-21)9-25-4-3-24-2-1-22/h5,10,12-13,18,22-23H,1-4,6-9H2,(H2,17,19,20)/t12-,13?/m1/s1. The molecule has 3 heterocycles. The maximum atomic E-state index is 10.3. The van der Waals surface area contributed by atoms with Gasteiger partial charge in [-0.1, -0.05) is 0 Å². The summed E-state index contributed by atoms with van der Waals surface area (Å²) in [4.78, 5) is 13.7. The Morgan fingerprint density at radius 3 is 3.08 bits per heavy atom. The van der Waals surface area contributed by atoms with Crippen LogP contribution in [0, 0.1) is 5.92 Å². The molecule has 3 rings (SSSR count). The number of nitrogen functional groups attached to an aromatic ring is 1. The van der Waals surface area contributed by atoms with E-state index >= 15 is 0 Å². The number of hydrogen-bond acceptors (Lipinski definition) is 8. The molecule has 0 radical (unpaired) electrons. The summed E-state index contributed by atoms with van der Waals surface area (Å²) in [5.74, 6) is 2.49. The molecule has 0 amide bonds. The number of thioether (sulfide) groups is 1. The third-order valence-corrected chi connectivity index (χ3v) is 5.51. The molecule has 1 aliphatic heterocycles. The molecule has 0 saturated carbocycles. The van der Waals surface area contributed by atoms with Gasteiger partial charge in [-0.25, -0.2) is 9.97 Å². The van der Waals surface area contributed by atoms with Crippen molar-refractivity contribution in [2.24, 2.45) is 5.92 Å². The Balaban J connectivity index is 1.49. The molecule has 8 nitrogen and oxygen atoms in total. The van der Waals surface area contributed by atoms with Crippen molar-refractivity contribution in [2.75, 3.05) is 50.1 Å². The molecular weight excluding hydrogens is 342 g/mol. The van der Waals surface area contributed by atoms with Crippen molar-refractivity contribution in [2.45, 2.75) is 12.6 Å². The molecule has 9 heteroatoms. The number of fused-ring (bicyclic) bond motifs is 1. The van der Waals surface area contributed by atoms with Gasteiger partial charge < -0.3 is 25.7 Å². The molecule has 5 N–H and O–H groups in total. The number of aromatic nitrogens is 3. The van der Waals surface area contributed by atoms with E-state index in [9.17, 15) is 5.11 Å². The number of nitrogens with zero attached hydrogens (tertiary/aromatic N) is 3. The molecule has 2 aromatic rings. The fourth-order valence-electron chi connectivity index (χ4n) is 3.13. The van der Waals surface area contributed by atoms with Crippen LogP contribution in [0.1, 0.15) is 5.56 Å². The van der Waals surface area contributed by atoms with Gasteiger partial charge in [0.2, 0.25) is 0 Å². The van der Waals surface area contributed by atoms with Crippen LogP contribution in [0.4, 0.5) is 5.82 Å². The van der Waals surface area contributed by atoms with Gasteiger partial charge in [0.1, 0.15) is 11.8 Å². The van der Waals surface area contributed by atoms with Gasteiger partial charge in [-0.15, -0.1) is 0 Å². The van der Waals surface area contributed by atoms with Crippen molar-refractivity contribution in [3.05, 3.63) is 18.1 Å². The molecular formula is C16H25N5O3S. The first-order valence-electron chi connectivity index (χ1n) is 8.42. The normalized spacial score (nSPS) is 21.4. The topological polar surface area (TPSA) is 121 Å². The number of hydrogen-bond donors (Lipinski definition) is 4. The molecule has 0 aliphatic carbocycles. The van der Waals surface area contributed by atoms with Crippen LogP contribution in [0.2, 0.25) is 0 Å². The zero-order chi connectivity index (χ0) is 17.6. The minimum absolute atomic E-state index is 0.0609. The van der Waals surface area contributed by atoms with Crippen molar-refractivity contribution in [1.82, 2.24) is 19.9 Å². The van der Waals surface area contributed by atoms with Gasteiger partial charge in [0.25, 0.3) is 0 Å². The largest absolute Gasteiger partial charge is 0.394 e. The number of rotatable bonds is 9. The van der Waals surface area contributed by atoms with Crippen molar-refractivity contribution in [3.63, 3.8) is 0 Å². The van der Waals surface area contributed by atoms with Crippen LogP contribution >= 0.6 is 11.8 Å². The molecule has 138 valence electrons. The lowest BCUT2D eigenvalue weighted by molar-refractivity contribution is 0.103. The molecule has 1 aliphatic rings. The lowest BCUT2D eigenvalue weighted by Crippen LogP contribution is -2.21.